The first-order valence-electron chi connectivity index (χ1n) is 8.92. The Labute approximate surface area is 168 Å². The zero-order chi connectivity index (χ0) is 20.3. The van der Waals surface area contributed by atoms with Crippen molar-refractivity contribution in [2.24, 2.45) is 0 Å². The Bertz CT molecular complexity index is 936. The first kappa shape index (κ1) is 20.5. The first-order valence-corrected chi connectivity index (χ1v) is 11.6. The lowest BCUT2D eigenvalue weighted by Crippen LogP contribution is -2.44. The summed E-state index contributed by atoms with van der Waals surface area (Å²) >= 11 is 0.905. The molecule has 0 N–H and O–H groups in total. The summed E-state index contributed by atoms with van der Waals surface area (Å²) in [5.41, 5.74) is 0.526. The van der Waals surface area contributed by atoms with Crippen molar-refractivity contribution in [1.29, 1.82) is 0 Å². The number of likely N-dealkylation sites (tertiary alicyclic amines) is 1. The number of carbonyl (C=O) groups excluding carboxylic acids is 1. The van der Waals surface area contributed by atoms with Crippen molar-refractivity contribution in [3.63, 3.8) is 0 Å². The number of benzene rings is 1. The van der Waals surface area contributed by atoms with E-state index < -0.39 is 15.9 Å². The number of hydrogen-bond donors (Lipinski definition) is 0. The Hall–Kier alpha value is -2.20. The van der Waals surface area contributed by atoms with Gasteiger partial charge in [-0.3, -0.25) is 4.79 Å². The second-order valence-electron chi connectivity index (χ2n) is 6.73. The Balaban J connectivity index is 1.62. The van der Waals surface area contributed by atoms with Crippen molar-refractivity contribution in [2.75, 3.05) is 26.5 Å². The zero-order valence-corrected chi connectivity index (χ0v) is 17.6. The van der Waals surface area contributed by atoms with Gasteiger partial charge in [-0.25, -0.2) is 8.42 Å². The molecule has 8 nitrogen and oxygen atoms in total. The number of carbonyl (C=O) groups is 1. The third-order valence-electron chi connectivity index (χ3n) is 4.73. The minimum atomic E-state index is -3.34. The topological polar surface area (TPSA) is 98.7 Å². The Morgan fingerprint density at radius 1 is 1.25 bits per heavy atom. The lowest BCUT2D eigenvalue weighted by atomic mass is 9.94. The van der Waals surface area contributed by atoms with E-state index in [1.54, 1.807) is 31.1 Å². The van der Waals surface area contributed by atoms with Crippen molar-refractivity contribution < 1.29 is 22.7 Å². The second-order valence-corrected chi connectivity index (χ2v) is 9.69. The molecule has 1 aromatic carbocycles. The molecule has 1 fully saturated rings. The molecule has 0 aliphatic carbocycles. The molecule has 0 bridgehead atoms. The van der Waals surface area contributed by atoms with E-state index in [1.165, 1.54) is 6.26 Å². The average Bonchev–Trinajstić information content (AvgIpc) is 3.18. The van der Waals surface area contributed by atoms with Crippen LogP contribution in [0.4, 0.5) is 0 Å². The van der Waals surface area contributed by atoms with Gasteiger partial charge >= 0.3 is 0 Å². The molecular weight excluding hydrogens is 402 g/mol. The van der Waals surface area contributed by atoms with Crippen LogP contribution in [0.5, 0.6) is 11.5 Å². The molecule has 10 heteroatoms. The molecule has 0 saturated carbocycles. The average molecular weight is 426 g/mol. The van der Waals surface area contributed by atoms with Gasteiger partial charge in [-0.05, 0) is 31.9 Å². The SMILES string of the molecule is COc1ccccc1O[C@@H](C)C(=O)N1CCC(c2nnsc2S(C)(=O)=O)CC1. The monoisotopic (exact) mass is 425 g/mol. The predicted molar refractivity (Wildman–Crippen MR) is 105 cm³/mol. The molecule has 2 heterocycles. The molecule has 1 atom stereocenters. The fourth-order valence-corrected chi connectivity index (χ4v) is 5.02. The highest BCUT2D eigenvalue weighted by molar-refractivity contribution is 7.92. The smallest absolute Gasteiger partial charge is 0.263 e. The minimum absolute atomic E-state index is 0.0158. The molecule has 3 rings (SSSR count). The van der Waals surface area contributed by atoms with E-state index in [4.69, 9.17) is 9.47 Å². The number of methoxy groups -OCH3 is 1. The summed E-state index contributed by atoms with van der Waals surface area (Å²) in [6, 6.07) is 7.19. The van der Waals surface area contributed by atoms with E-state index in [2.05, 4.69) is 9.59 Å². The van der Waals surface area contributed by atoms with Crippen molar-refractivity contribution in [2.45, 2.75) is 36.0 Å². The van der Waals surface area contributed by atoms with E-state index >= 15 is 0 Å². The largest absolute Gasteiger partial charge is 0.493 e. The summed E-state index contributed by atoms with van der Waals surface area (Å²) in [5.74, 6) is 0.972. The van der Waals surface area contributed by atoms with Crippen LogP contribution < -0.4 is 9.47 Å². The van der Waals surface area contributed by atoms with Gasteiger partial charge < -0.3 is 14.4 Å². The van der Waals surface area contributed by atoms with Crippen molar-refractivity contribution in [3.8, 4) is 11.5 Å². The summed E-state index contributed by atoms with van der Waals surface area (Å²) in [5, 5.41) is 4.03. The maximum absolute atomic E-state index is 12.8. The lowest BCUT2D eigenvalue weighted by Gasteiger charge is -2.33. The number of ether oxygens (including phenoxy) is 2. The van der Waals surface area contributed by atoms with Crippen LogP contribution in [0.25, 0.3) is 0 Å². The number of nitrogens with zero attached hydrogens (tertiary/aromatic N) is 3. The normalized spacial score (nSPS) is 16.6. The van der Waals surface area contributed by atoms with Gasteiger partial charge in [0.15, 0.2) is 31.6 Å². The maximum atomic E-state index is 12.8. The van der Waals surface area contributed by atoms with E-state index in [-0.39, 0.29) is 16.0 Å². The molecule has 1 amide bonds. The molecule has 28 heavy (non-hydrogen) atoms. The van der Waals surface area contributed by atoms with Crippen LogP contribution in [0.15, 0.2) is 28.5 Å². The van der Waals surface area contributed by atoms with Crippen LogP contribution in [0.2, 0.25) is 0 Å². The van der Waals surface area contributed by atoms with Gasteiger partial charge in [0, 0.05) is 36.8 Å². The molecule has 0 unspecified atom stereocenters. The Morgan fingerprint density at radius 3 is 2.50 bits per heavy atom. The van der Waals surface area contributed by atoms with E-state index in [0.29, 0.717) is 43.1 Å². The molecule has 1 aliphatic rings. The van der Waals surface area contributed by atoms with Gasteiger partial charge in [0.05, 0.1) is 12.8 Å². The number of aromatic nitrogens is 2. The number of rotatable bonds is 6. The van der Waals surface area contributed by atoms with Gasteiger partial charge in [0.1, 0.15) is 0 Å². The van der Waals surface area contributed by atoms with E-state index in [1.807, 2.05) is 12.1 Å². The minimum Gasteiger partial charge on any atom is -0.493 e. The molecule has 1 saturated heterocycles. The maximum Gasteiger partial charge on any atom is 0.263 e. The van der Waals surface area contributed by atoms with Crippen LogP contribution in [-0.4, -0.2) is 61.4 Å². The van der Waals surface area contributed by atoms with Crippen molar-refractivity contribution in [1.82, 2.24) is 14.5 Å². The van der Waals surface area contributed by atoms with Gasteiger partial charge in [0.25, 0.3) is 5.91 Å². The Kier molecular flexibility index (Phi) is 6.19. The summed E-state index contributed by atoms with van der Waals surface area (Å²) in [4.78, 5) is 14.5. The number of hydrogen-bond acceptors (Lipinski definition) is 8. The highest BCUT2D eigenvalue weighted by Gasteiger charge is 2.32. The summed E-state index contributed by atoms with van der Waals surface area (Å²) < 4.78 is 38.9. The molecule has 0 spiro atoms. The van der Waals surface area contributed by atoms with Crippen molar-refractivity contribution in [3.05, 3.63) is 30.0 Å². The first-order chi connectivity index (χ1) is 13.3. The summed E-state index contributed by atoms with van der Waals surface area (Å²) in [6.07, 6.45) is 1.80. The highest BCUT2D eigenvalue weighted by Crippen LogP contribution is 2.33. The third-order valence-corrected chi connectivity index (χ3v) is 7.28. The summed E-state index contributed by atoms with van der Waals surface area (Å²) in [7, 11) is -1.79. The van der Waals surface area contributed by atoms with Crippen LogP contribution in [0.1, 0.15) is 31.4 Å². The fourth-order valence-electron chi connectivity index (χ4n) is 3.28. The molecule has 0 radical (unpaired) electrons. The molecular formula is C18H23N3O5S2. The number of sulfone groups is 1. The molecule has 1 aromatic heterocycles. The second kappa shape index (κ2) is 8.44. The van der Waals surface area contributed by atoms with Gasteiger partial charge in [-0.1, -0.05) is 16.6 Å². The fraction of sp³-hybridized carbons (Fsp3) is 0.500. The molecule has 2 aromatic rings. The van der Waals surface area contributed by atoms with Crippen molar-refractivity contribution >= 4 is 27.3 Å². The van der Waals surface area contributed by atoms with E-state index in [9.17, 15) is 13.2 Å². The van der Waals surface area contributed by atoms with Gasteiger partial charge in [-0.15, -0.1) is 5.10 Å². The van der Waals surface area contributed by atoms with E-state index in [0.717, 1.165) is 11.5 Å². The number of amides is 1. The Morgan fingerprint density at radius 2 is 1.89 bits per heavy atom. The summed E-state index contributed by atoms with van der Waals surface area (Å²) in [6.45, 7) is 2.75. The van der Waals surface area contributed by atoms with Crippen LogP contribution in [0, 0.1) is 0 Å². The third kappa shape index (κ3) is 4.44. The quantitative estimate of drug-likeness (QED) is 0.699. The molecule has 152 valence electrons. The van der Waals surface area contributed by atoms with Crippen LogP contribution >= 0.6 is 11.5 Å². The van der Waals surface area contributed by atoms with Crippen LogP contribution in [-0.2, 0) is 14.6 Å². The standard InChI is InChI=1S/C18H23N3O5S2/c1-12(26-15-7-5-4-6-14(15)25-2)17(22)21-10-8-13(9-11-21)16-18(27-20-19-16)28(3,23)24/h4-7,12-13H,8-11H2,1-3H3/t12-/m0/s1. The lowest BCUT2D eigenvalue weighted by molar-refractivity contribution is -0.139. The predicted octanol–water partition coefficient (Wildman–Crippen LogP) is 2.12. The number of para-hydroxylation sites is 2. The van der Waals surface area contributed by atoms with Gasteiger partial charge in [-0.2, -0.15) is 0 Å². The zero-order valence-electron chi connectivity index (χ0n) is 16.0. The highest BCUT2D eigenvalue weighted by atomic mass is 32.2. The molecule has 1 aliphatic heterocycles. The number of piperidine rings is 1. The van der Waals surface area contributed by atoms with Crippen LogP contribution in [0.3, 0.4) is 0 Å². The van der Waals surface area contributed by atoms with Gasteiger partial charge in [0.2, 0.25) is 0 Å².